The zero-order chi connectivity index (χ0) is 55.7. The molecule has 1 aromatic carbocycles. The van der Waals surface area contributed by atoms with Crippen molar-refractivity contribution in [3.63, 3.8) is 0 Å². The normalized spacial score (nSPS) is 15.9. The van der Waals surface area contributed by atoms with Crippen LogP contribution in [0.5, 0.6) is 0 Å². The maximum Gasteiger partial charge on any atom is 0.326 e. The van der Waals surface area contributed by atoms with Gasteiger partial charge in [0.25, 0.3) is 0 Å². The molecule has 2 rings (SSSR count). The smallest absolute Gasteiger partial charge is 0.326 e. The van der Waals surface area contributed by atoms with Crippen molar-refractivity contribution in [2.45, 2.75) is 147 Å². The summed E-state index contributed by atoms with van der Waals surface area (Å²) in [6, 6.07) is -2.28. The van der Waals surface area contributed by atoms with E-state index in [1.165, 1.54) is 11.8 Å². The van der Waals surface area contributed by atoms with E-state index in [2.05, 4.69) is 47.2 Å². The van der Waals surface area contributed by atoms with Crippen molar-refractivity contribution in [2.75, 3.05) is 26.2 Å². The van der Waals surface area contributed by atoms with Crippen LogP contribution >= 0.6 is 0 Å². The molecule has 1 aliphatic rings. The molecule has 1 fully saturated rings. The van der Waals surface area contributed by atoms with E-state index in [1.54, 1.807) is 44.2 Å². The first-order chi connectivity index (χ1) is 34.8. The summed E-state index contributed by atoms with van der Waals surface area (Å²) in [5.41, 5.74) is 28.1. The number of likely N-dealkylation sites (tertiary alicyclic amines) is 1. The van der Waals surface area contributed by atoms with Crippen molar-refractivity contribution in [3.05, 3.63) is 35.9 Å². The Morgan fingerprint density at radius 2 is 1.05 bits per heavy atom. The lowest BCUT2D eigenvalue weighted by Crippen LogP contribution is -2.60. The van der Waals surface area contributed by atoms with E-state index in [1.807, 2.05) is 13.8 Å². The summed E-state index contributed by atoms with van der Waals surface area (Å²) in [4.78, 5) is 142. The molecule has 74 heavy (non-hydrogen) atoms. The molecule has 0 bridgehead atoms. The molecule has 0 spiro atoms. The first-order valence-corrected chi connectivity index (χ1v) is 24.5. The van der Waals surface area contributed by atoms with Crippen LogP contribution in [0, 0.1) is 11.8 Å². The number of hydrogen-bond donors (Lipinski definition) is 14. The summed E-state index contributed by atoms with van der Waals surface area (Å²) in [7, 11) is 0. The minimum atomic E-state index is -1.83. The lowest BCUT2D eigenvalue weighted by molar-refractivity contribution is -0.147. The standard InChI is InChI=1S/C47H77N15O12/c1-25(2)20-31(59-40(68)30(15-10-18-54-47(51)52)57-42(70)32(21-26(3)4)60-44(72)35-16-11-19-62(35)36(63)24-48)41(69)56-29(14-9-17-53-46(49)50)39(67)55-27(5)38(66)58-33(22-28-12-7-6-8-13-28)43(71)61-34(45(73)74)23-37(64)65/h6-8,12-13,25-27,29-35H,9-11,14-24,48H2,1-5H3,(H,55,67)(H,56,69)(H,57,70)(H,58,66)(H,59,68)(H,60,72)(H,61,71)(H,64,65)(H,73,74)(H4,49,50,53)(H4,51,52,54)/t27-,29-,30-,31-,32-,33-,34-,35-/m0/s1. The molecule has 0 saturated carbocycles. The lowest BCUT2D eigenvalue weighted by atomic mass is 10.00. The second-order valence-electron chi connectivity index (χ2n) is 18.8. The number of amides is 8. The highest BCUT2D eigenvalue weighted by Crippen LogP contribution is 2.19. The average Bonchev–Trinajstić information content (AvgIpc) is 3.82. The van der Waals surface area contributed by atoms with E-state index in [9.17, 15) is 58.2 Å². The molecule has 19 N–H and O–H groups in total. The zero-order valence-corrected chi connectivity index (χ0v) is 42.8. The number of aliphatic imine (C=N–C) groups is 2. The number of carboxylic acid groups (broad SMARTS) is 2. The van der Waals surface area contributed by atoms with Crippen LogP contribution < -0.4 is 65.9 Å². The molecule has 8 amide bonds. The predicted octanol–water partition coefficient (Wildman–Crippen LogP) is -3.65. The Morgan fingerprint density at radius 3 is 1.53 bits per heavy atom. The number of aliphatic carboxylic acids is 2. The van der Waals surface area contributed by atoms with Crippen LogP contribution in [-0.4, -0.2) is 161 Å². The van der Waals surface area contributed by atoms with Crippen LogP contribution in [0.3, 0.4) is 0 Å². The molecule has 27 heteroatoms. The van der Waals surface area contributed by atoms with Gasteiger partial charge in [0.1, 0.15) is 48.3 Å². The second-order valence-corrected chi connectivity index (χ2v) is 18.8. The van der Waals surface area contributed by atoms with Crippen molar-refractivity contribution in [2.24, 2.45) is 50.5 Å². The Morgan fingerprint density at radius 1 is 0.608 bits per heavy atom. The third-order valence-corrected chi connectivity index (χ3v) is 11.5. The molecule has 8 atom stereocenters. The van der Waals surface area contributed by atoms with Gasteiger partial charge in [-0.15, -0.1) is 0 Å². The molecule has 0 radical (unpaired) electrons. The Labute approximate surface area is 430 Å². The van der Waals surface area contributed by atoms with Crippen LogP contribution in [0.15, 0.2) is 40.3 Å². The Bertz CT molecular complexity index is 2150. The summed E-state index contributed by atoms with van der Waals surface area (Å²) in [5.74, 6) is -9.95. The molecule has 1 heterocycles. The number of hydrogen-bond acceptors (Lipinski definition) is 13. The number of guanidine groups is 2. The molecular weight excluding hydrogens is 967 g/mol. The number of carbonyl (C=O) groups is 10. The monoisotopic (exact) mass is 1040 g/mol. The molecule has 0 unspecified atom stereocenters. The average molecular weight is 1040 g/mol. The van der Waals surface area contributed by atoms with E-state index in [0.29, 0.717) is 24.9 Å². The fourth-order valence-corrected chi connectivity index (χ4v) is 7.87. The maximum absolute atomic E-state index is 14.3. The summed E-state index contributed by atoms with van der Waals surface area (Å²) in [6.45, 7) is 8.67. The van der Waals surface area contributed by atoms with Crippen molar-refractivity contribution in [1.29, 1.82) is 0 Å². The van der Waals surface area contributed by atoms with Crippen LogP contribution in [-0.2, 0) is 54.4 Å². The van der Waals surface area contributed by atoms with Gasteiger partial charge in [-0.3, -0.25) is 53.1 Å². The second kappa shape index (κ2) is 31.8. The molecule has 1 aromatic rings. The first kappa shape index (κ1) is 62.5. The van der Waals surface area contributed by atoms with Gasteiger partial charge >= 0.3 is 11.9 Å². The summed E-state index contributed by atoms with van der Waals surface area (Å²) in [5, 5.41) is 36.7. The lowest BCUT2D eigenvalue weighted by Gasteiger charge is -2.29. The van der Waals surface area contributed by atoms with Gasteiger partial charge in [0.15, 0.2) is 11.9 Å². The van der Waals surface area contributed by atoms with E-state index in [-0.39, 0.29) is 88.3 Å². The largest absolute Gasteiger partial charge is 0.481 e. The quantitative estimate of drug-likeness (QED) is 0.0188. The Hall–Kier alpha value is -7.58. The van der Waals surface area contributed by atoms with Gasteiger partial charge in [0, 0.05) is 26.1 Å². The SMILES string of the molecule is CC(C)C[C@H](NC(=O)[C@H](CCCN=C(N)N)NC(=O)[C@H](CC(C)C)NC(=O)[C@@H]1CCCN1C(=O)CN)C(=O)N[C@@H](CCCN=C(N)N)C(=O)N[C@@H](C)C(=O)N[C@@H](Cc1ccccc1)C(=O)N[C@@H](CC(=O)O)C(=O)O. The van der Waals surface area contributed by atoms with E-state index in [4.69, 9.17) is 28.7 Å². The van der Waals surface area contributed by atoms with Crippen molar-refractivity contribution < 1.29 is 58.2 Å². The number of carbonyl (C=O) groups excluding carboxylic acids is 8. The van der Waals surface area contributed by atoms with Crippen LogP contribution in [0.1, 0.15) is 98.0 Å². The van der Waals surface area contributed by atoms with Gasteiger partial charge in [0.2, 0.25) is 47.3 Å². The highest BCUT2D eigenvalue weighted by Gasteiger charge is 2.37. The zero-order valence-electron chi connectivity index (χ0n) is 42.8. The molecule has 0 aromatic heterocycles. The Balaban J connectivity index is 2.41. The van der Waals surface area contributed by atoms with Crippen LogP contribution in [0.4, 0.5) is 0 Å². The molecule has 0 aliphatic carbocycles. The fraction of sp³-hybridized carbons (Fsp3) is 0.617. The molecule has 1 aliphatic heterocycles. The molecule has 1 saturated heterocycles. The van der Waals surface area contributed by atoms with Gasteiger partial charge in [-0.25, -0.2) is 4.79 Å². The number of nitrogens with zero attached hydrogens (tertiary/aromatic N) is 3. The minimum absolute atomic E-state index is 0.0275. The van der Waals surface area contributed by atoms with Crippen molar-refractivity contribution in [1.82, 2.24) is 42.1 Å². The van der Waals surface area contributed by atoms with Gasteiger partial charge in [0.05, 0.1) is 13.0 Å². The Kier molecular flexibility index (Phi) is 26.9. The number of benzene rings is 1. The van der Waals surface area contributed by atoms with E-state index < -0.39 is 114 Å². The molecule has 27 nitrogen and oxygen atoms in total. The van der Waals surface area contributed by atoms with Crippen LogP contribution in [0.2, 0.25) is 0 Å². The van der Waals surface area contributed by atoms with Gasteiger partial charge < -0.3 is 81.0 Å². The van der Waals surface area contributed by atoms with Crippen LogP contribution in [0.25, 0.3) is 0 Å². The van der Waals surface area contributed by atoms with Gasteiger partial charge in [-0.05, 0) is 75.7 Å². The maximum atomic E-state index is 14.3. The third kappa shape index (κ3) is 22.9. The summed E-state index contributed by atoms with van der Waals surface area (Å²) < 4.78 is 0. The number of nitrogens with two attached hydrogens (primary N) is 5. The highest BCUT2D eigenvalue weighted by molar-refractivity contribution is 5.98. The number of rotatable bonds is 32. The van der Waals surface area contributed by atoms with Gasteiger partial charge in [-0.1, -0.05) is 58.0 Å². The van der Waals surface area contributed by atoms with E-state index in [0.717, 1.165) is 0 Å². The highest BCUT2D eigenvalue weighted by atomic mass is 16.4. The van der Waals surface area contributed by atoms with E-state index >= 15 is 0 Å². The molecular formula is C47H77N15O12. The fourth-order valence-electron chi connectivity index (χ4n) is 7.87. The third-order valence-electron chi connectivity index (χ3n) is 11.5. The predicted molar refractivity (Wildman–Crippen MR) is 272 cm³/mol. The minimum Gasteiger partial charge on any atom is -0.481 e. The van der Waals surface area contributed by atoms with Crippen molar-refractivity contribution in [3.8, 4) is 0 Å². The first-order valence-electron chi connectivity index (χ1n) is 24.5. The van der Waals surface area contributed by atoms with Gasteiger partial charge in [-0.2, -0.15) is 0 Å². The number of nitrogens with one attached hydrogen (secondary N) is 7. The summed E-state index contributed by atoms with van der Waals surface area (Å²) in [6.07, 6.45) is 0.231. The topological polar surface area (TPSA) is 453 Å². The molecule has 412 valence electrons. The van der Waals surface area contributed by atoms with Crippen molar-refractivity contribution >= 4 is 71.1 Å². The summed E-state index contributed by atoms with van der Waals surface area (Å²) >= 11 is 0. The number of carboxylic acids is 2.